The number of amides is 3. The van der Waals surface area contributed by atoms with Crippen molar-refractivity contribution < 1.29 is 19.1 Å². The topological polar surface area (TPSA) is 91.0 Å². The van der Waals surface area contributed by atoms with Crippen molar-refractivity contribution in [2.45, 2.75) is 18.7 Å². The van der Waals surface area contributed by atoms with E-state index in [4.69, 9.17) is 16.3 Å². The number of ether oxygens (including phenoxy) is 1. The first-order chi connectivity index (χ1) is 16.5. The van der Waals surface area contributed by atoms with E-state index in [2.05, 4.69) is 10.6 Å². The number of nitrogens with one attached hydrogen (secondary N) is 2. The quantitative estimate of drug-likeness (QED) is 0.622. The molecule has 0 saturated carbocycles. The van der Waals surface area contributed by atoms with Crippen molar-refractivity contribution in [2.24, 2.45) is 0 Å². The molecular formula is C24H27ClN4O4S. The van der Waals surface area contributed by atoms with Crippen LogP contribution in [0, 0.1) is 0 Å². The van der Waals surface area contributed by atoms with Gasteiger partial charge in [-0.25, -0.2) is 4.79 Å². The molecule has 180 valence electrons. The van der Waals surface area contributed by atoms with Crippen molar-refractivity contribution in [2.75, 3.05) is 49.2 Å². The molecule has 10 heteroatoms. The average Bonchev–Trinajstić information content (AvgIpc) is 2.85. The summed E-state index contributed by atoms with van der Waals surface area (Å²) in [5.41, 5.74) is 2.91. The predicted molar refractivity (Wildman–Crippen MR) is 135 cm³/mol. The molecule has 1 unspecified atom stereocenters. The standard InChI is InChI=1S/C24H27ClN4O4S/c1-2-33-24(32)29-11-9-28(10-12-29)23(31)16-7-8-19-20(13-16)27-22(30)21(26-19)15-34-14-17-5-3-4-6-18(17)25/h3-8,13,21,26H,2,9-12,14-15H2,1H3,(H,27,30). The van der Waals surface area contributed by atoms with E-state index in [0.29, 0.717) is 49.8 Å². The maximum atomic E-state index is 13.0. The number of thioether (sulfide) groups is 1. The lowest BCUT2D eigenvalue weighted by Crippen LogP contribution is -2.50. The van der Waals surface area contributed by atoms with Gasteiger partial charge in [-0.05, 0) is 36.8 Å². The Morgan fingerprint density at radius 1 is 1.09 bits per heavy atom. The van der Waals surface area contributed by atoms with Crippen LogP contribution in [0.1, 0.15) is 22.8 Å². The summed E-state index contributed by atoms with van der Waals surface area (Å²) in [5, 5.41) is 6.92. The van der Waals surface area contributed by atoms with E-state index in [9.17, 15) is 14.4 Å². The van der Waals surface area contributed by atoms with E-state index >= 15 is 0 Å². The van der Waals surface area contributed by atoms with E-state index in [-0.39, 0.29) is 23.9 Å². The van der Waals surface area contributed by atoms with Crippen LogP contribution in [0.5, 0.6) is 0 Å². The summed E-state index contributed by atoms with van der Waals surface area (Å²) in [6.45, 7) is 3.83. The van der Waals surface area contributed by atoms with Gasteiger partial charge in [0.1, 0.15) is 6.04 Å². The van der Waals surface area contributed by atoms with Gasteiger partial charge in [-0.3, -0.25) is 9.59 Å². The number of benzene rings is 2. The van der Waals surface area contributed by atoms with Crippen molar-refractivity contribution in [1.29, 1.82) is 0 Å². The van der Waals surface area contributed by atoms with Crippen LogP contribution in [0.25, 0.3) is 0 Å². The number of rotatable bonds is 6. The Bertz CT molecular complexity index is 1070. The maximum absolute atomic E-state index is 13.0. The Balaban J connectivity index is 1.33. The fourth-order valence-electron chi connectivity index (χ4n) is 3.89. The van der Waals surface area contributed by atoms with Gasteiger partial charge in [0.25, 0.3) is 5.91 Å². The molecule has 0 spiro atoms. The number of hydrogen-bond donors (Lipinski definition) is 2. The van der Waals surface area contributed by atoms with Crippen molar-refractivity contribution in [3.8, 4) is 0 Å². The van der Waals surface area contributed by atoms with E-state index < -0.39 is 0 Å². The second-order valence-electron chi connectivity index (χ2n) is 8.03. The first-order valence-electron chi connectivity index (χ1n) is 11.2. The fourth-order valence-corrected chi connectivity index (χ4v) is 5.23. The van der Waals surface area contributed by atoms with Gasteiger partial charge in [-0.15, -0.1) is 0 Å². The summed E-state index contributed by atoms with van der Waals surface area (Å²) in [4.78, 5) is 40.8. The number of carbonyl (C=O) groups excluding carboxylic acids is 3. The fraction of sp³-hybridized carbons (Fsp3) is 0.375. The lowest BCUT2D eigenvalue weighted by Gasteiger charge is -2.34. The van der Waals surface area contributed by atoms with Gasteiger partial charge < -0.3 is 25.2 Å². The van der Waals surface area contributed by atoms with Crippen molar-refractivity contribution in [1.82, 2.24) is 9.80 Å². The third-order valence-electron chi connectivity index (χ3n) is 5.76. The van der Waals surface area contributed by atoms with Crippen LogP contribution in [0.3, 0.4) is 0 Å². The molecule has 2 aromatic carbocycles. The van der Waals surface area contributed by atoms with E-state index in [0.717, 1.165) is 22.0 Å². The predicted octanol–water partition coefficient (Wildman–Crippen LogP) is 3.92. The molecule has 2 aliphatic heterocycles. The van der Waals surface area contributed by atoms with Crippen LogP contribution in [0.2, 0.25) is 5.02 Å². The van der Waals surface area contributed by atoms with Gasteiger partial charge in [0, 0.05) is 48.3 Å². The van der Waals surface area contributed by atoms with Crippen molar-refractivity contribution >= 4 is 52.6 Å². The van der Waals surface area contributed by atoms with E-state index in [1.165, 1.54) is 0 Å². The molecule has 4 rings (SSSR count). The molecule has 8 nitrogen and oxygen atoms in total. The molecule has 0 radical (unpaired) electrons. The minimum atomic E-state index is -0.377. The van der Waals surface area contributed by atoms with Crippen LogP contribution in [-0.4, -0.2) is 72.3 Å². The number of nitrogens with zero attached hydrogens (tertiary/aromatic N) is 2. The number of halogens is 1. The van der Waals surface area contributed by atoms with Gasteiger partial charge in [0.05, 0.1) is 18.0 Å². The Kier molecular flexibility index (Phi) is 7.84. The third kappa shape index (κ3) is 5.59. The van der Waals surface area contributed by atoms with Gasteiger partial charge in [-0.1, -0.05) is 29.8 Å². The average molecular weight is 503 g/mol. The largest absolute Gasteiger partial charge is 0.450 e. The second-order valence-corrected chi connectivity index (χ2v) is 9.47. The Morgan fingerprint density at radius 3 is 2.56 bits per heavy atom. The van der Waals surface area contributed by atoms with Crippen LogP contribution in [0.15, 0.2) is 42.5 Å². The van der Waals surface area contributed by atoms with Crippen LogP contribution < -0.4 is 10.6 Å². The normalized spacial score (nSPS) is 17.5. The van der Waals surface area contributed by atoms with Gasteiger partial charge in [0.15, 0.2) is 0 Å². The van der Waals surface area contributed by atoms with Crippen LogP contribution >= 0.6 is 23.4 Å². The van der Waals surface area contributed by atoms with Crippen LogP contribution in [-0.2, 0) is 15.3 Å². The molecule has 1 atom stereocenters. The van der Waals surface area contributed by atoms with Crippen molar-refractivity contribution in [3.05, 3.63) is 58.6 Å². The zero-order chi connectivity index (χ0) is 24.1. The lowest BCUT2D eigenvalue weighted by atomic mass is 10.1. The first-order valence-corrected chi connectivity index (χ1v) is 12.7. The Morgan fingerprint density at radius 2 is 1.82 bits per heavy atom. The molecular weight excluding hydrogens is 476 g/mol. The number of anilines is 2. The SMILES string of the molecule is CCOC(=O)N1CCN(C(=O)c2ccc3c(c2)NC(=O)C(CSCc2ccccc2Cl)N3)CC1. The van der Waals surface area contributed by atoms with E-state index in [1.807, 2.05) is 30.3 Å². The van der Waals surface area contributed by atoms with Gasteiger partial charge in [0.2, 0.25) is 5.91 Å². The molecule has 2 N–H and O–H groups in total. The molecule has 1 saturated heterocycles. The minimum Gasteiger partial charge on any atom is -0.450 e. The highest BCUT2D eigenvalue weighted by Crippen LogP contribution is 2.30. The zero-order valence-electron chi connectivity index (χ0n) is 18.9. The summed E-state index contributed by atoms with van der Waals surface area (Å²) in [7, 11) is 0. The maximum Gasteiger partial charge on any atom is 0.409 e. The lowest BCUT2D eigenvalue weighted by molar-refractivity contribution is -0.116. The Labute approximate surface area is 208 Å². The van der Waals surface area contributed by atoms with Crippen molar-refractivity contribution in [3.63, 3.8) is 0 Å². The van der Waals surface area contributed by atoms with Crippen LogP contribution in [0.4, 0.5) is 16.2 Å². The number of fused-ring (bicyclic) bond motifs is 1. The summed E-state index contributed by atoms with van der Waals surface area (Å²) in [6.07, 6.45) is -0.350. The smallest absolute Gasteiger partial charge is 0.409 e. The number of piperazine rings is 1. The molecule has 1 fully saturated rings. The molecule has 2 heterocycles. The number of hydrogen-bond acceptors (Lipinski definition) is 6. The highest BCUT2D eigenvalue weighted by atomic mass is 35.5. The summed E-state index contributed by atoms with van der Waals surface area (Å²) < 4.78 is 5.02. The molecule has 3 amide bonds. The molecule has 34 heavy (non-hydrogen) atoms. The van der Waals surface area contributed by atoms with Gasteiger partial charge >= 0.3 is 6.09 Å². The minimum absolute atomic E-state index is 0.127. The zero-order valence-corrected chi connectivity index (χ0v) is 20.5. The molecule has 0 aliphatic carbocycles. The second kappa shape index (κ2) is 11.0. The summed E-state index contributed by atoms with van der Waals surface area (Å²) in [5.74, 6) is 1.04. The highest BCUT2D eigenvalue weighted by molar-refractivity contribution is 7.98. The molecule has 0 aromatic heterocycles. The number of carbonyl (C=O) groups is 3. The molecule has 0 bridgehead atoms. The molecule has 2 aliphatic rings. The summed E-state index contributed by atoms with van der Waals surface area (Å²) >= 11 is 7.84. The Hall–Kier alpha value is -2.91. The molecule has 2 aromatic rings. The van der Waals surface area contributed by atoms with Gasteiger partial charge in [-0.2, -0.15) is 11.8 Å². The van der Waals surface area contributed by atoms with E-state index in [1.54, 1.807) is 40.6 Å². The first kappa shape index (κ1) is 24.2. The third-order valence-corrected chi connectivity index (χ3v) is 7.22. The highest BCUT2D eigenvalue weighted by Gasteiger charge is 2.28. The summed E-state index contributed by atoms with van der Waals surface area (Å²) in [6, 6.07) is 12.6. The monoisotopic (exact) mass is 502 g/mol.